The van der Waals surface area contributed by atoms with E-state index in [1.54, 1.807) is 0 Å². The molecule has 0 aliphatic carbocycles. The van der Waals surface area contributed by atoms with Crippen LogP contribution in [0.5, 0.6) is 0 Å². The van der Waals surface area contributed by atoms with Crippen LogP contribution in [0.3, 0.4) is 0 Å². The van der Waals surface area contributed by atoms with E-state index in [4.69, 9.17) is 17.3 Å². The molecule has 0 amide bonds. The van der Waals surface area contributed by atoms with Crippen LogP contribution in [0.2, 0.25) is 5.02 Å². The van der Waals surface area contributed by atoms with Gasteiger partial charge in [-0.15, -0.1) is 5.10 Å². The van der Waals surface area contributed by atoms with Crippen LogP contribution in [0.15, 0.2) is 24.3 Å². The Kier molecular flexibility index (Phi) is 5.03. The number of hydrogen-bond donors (Lipinski definition) is 3. The molecule has 1 fully saturated rings. The number of halogens is 1. The second-order valence-electron chi connectivity index (χ2n) is 6.17. The van der Waals surface area contributed by atoms with Crippen molar-refractivity contribution in [2.45, 2.75) is 25.8 Å². The minimum Gasteiger partial charge on any atom is -0.368 e. The summed E-state index contributed by atoms with van der Waals surface area (Å²) in [6.07, 6.45) is 2.10. The lowest BCUT2D eigenvalue weighted by molar-refractivity contribution is 0.321. The van der Waals surface area contributed by atoms with E-state index in [9.17, 15) is 0 Å². The molecule has 1 saturated heterocycles. The van der Waals surface area contributed by atoms with Crippen molar-refractivity contribution in [2.75, 3.05) is 30.3 Å². The molecule has 0 saturated carbocycles. The Morgan fingerprint density at radius 1 is 1.39 bits per heavy atom. The summed E-state index contributed by atoms with van der Waals surface area (Å²) in [6, 6.07) is 8.59. The Morgan fingerprint density at radius 3 is 2.83 bits per heavy atom. The lowest BCUT2D eigenvalue weighted by Gasteiger charge is -2.36. The number of aromatic nitrogens is 3. The van der Waals surface area contributed by atoms with Gasteiger partial charge in [-0.2, -0.15) is 4.98 Å². The average molecular weight is 335 g/mol. The summed E-state index contributed by atoms with van der Waals surface area (Å²) in [5.41, 5.74) is 6.91. The second-order valence-corrected chi connectivity index (χ2v) is 6.61. The first-order valence-electron chi connectivity index (χ1n) is 8.02. The zero-order valence-corrected chi connectivity index (χ0v) is 14.1. The maximum absolute atomic E-state index is 5.91. The molecule has 2 atom stereocenters. The molecule has 3 rings (SSSR count). The minimum atomic E-state index is 0.371. The number of anilines is 2. The van der Waals surface area contributed by atoms with E-state index in [-0.39, 0.29) is 0 Å². The molecular formula is C16H23ClN6. The van der Waals surface area contributed by atoms with Crippen molar-refractivity contribution in [2.24, 2.45) is 5.92 Å². The Bertz CT molecular complexity index is 626. The van der Waals surface area contributed by atoms with Gasteiger partial charge < -0.3 is 16.0 Å². The van der Waals surface area contributed by atoms with Crippen molar-refractivity contribution in [1.82, 2.24) is 20.5 Å². The highest BCUT2D eigenvalue weighted by molar-refractivity contribution is 6.30. The fraction of sp³-hybridized carbons (Fsp3) is 0.500. The van der Waals surface area contributed by atoms with Crippen molar-refractivity contribution in [3.05, 3.63) is 34.9 Å². The number of aromatic amines is 1. The van der Waals surface area contributed by atoms with Gasteiger partial charge in [-0.05, 0) is 43.0 Å². The van der Waals surface area contributed by atoms with Crippen molar-refractivity contribution in [3.8, 4) is 0 Å². The summed E-state index contributed by atoms with van der Waals surface area (Å²) < 4.78 is 0. The third-order valence-electron chi connectivity index (χ3n) is 4.41. The molecule has 0 radical (unpaired) electrons. The van der Waals surface area contributed by atoms with Gasteiger partial charge in [-0.1, -0.05) is 30.7 Å². The SMILES string of the molecule is CC1CN(c2n[nH]c(N)n2)CCC1NCCc1ccc(Cl)cc1. The van der Waals surface area contributed by atoms with E-state index in [0.717, 1.165) is 37.5 Å². The van der Waals surface area contributed by atoms with Crippen LogP contribution in [-0.4, -0.2) is 40.9 Å². The molecule has 23 heavy (non-hydrogen) atoms. The van der Waals surface area contributed by atoms with Crippen LogP contribution in [-0.2, 0) is 6.42 Å². The number of H-pyrrole nitrogens is 1. The van der Waals surface area contributed by atoms with Gasteiger partial charge in [0, 0.05) is 24.2 Å². The number of benzene rings is 1. The van der Waals surface area contributed by atoms with Crippen LogP contribution in [0.4, 0.5) is 11.9 Å². The Morgan fingerprint density at radius 2 is 2.17 bits per heavy atom. The van der Waals surface area contributed by atoms with Crippen molar-refractivity contribution >= 4 is 23.5 Å². The largest absolute Gasteiger partial charge is 0.368 e. The fourth-order valence-electron chi connectivity index (χ4n) is 3.09. The topological polar surface area (TPSA) is 82.9 Å². The normalized spacial score (nSPS) is 21.6. The van der Waals surface area contributed by atoms with Crippen molar-refractivity contribution in [1.29, 1.82) is 0 Å². The number of piperidine rings is 1. The van der Waals surface area contributed by atoms with Gasteiger partial charge in [-0.3, -0.25) is 0 Å². The molecule has 7 heteroatoms. The lowest BCUT2D eigenvalue weighted by Crippen LogP contribution is -2.49. The average Bonchev–Trinajstić information content (AvgIpc) is 2.97. The van der Waals surface area contributed by atoms with E-state index in [2.05, 4.69) is 44.5 Å². The highest BCUT2D eigenvalue weighted by atomic mass is 35.5. The summed E-state index contributed by atoms with van der Waals surface area (Å²) in [5.74, 6) is 1.61. The number of nitrogens with one attached hydrogen (secondary N) is 2. The maximum Gasteiger partial charge on any atom is 0.246 e. The third-order valence-corrected chi connectivity index (χ3v) is 4.66. The lowest BCUT2D eigenvalue weighted by atomic mass is 9.94. The van der Waals surface area contributed by atoms with E-state index in [1.165, 1.54) is 5.56 Å². The van der Waals surface area contributed by atoms with Crippen LogP contribution >= 0.6 is 11.6 Å². The second kappa shape index (κ2) is 7.19. The van der Waals surface area contributed by atoms with Gasteiger partial charge in [0.1, 0.15) is 0 Å². The molecule has 2 aromatic rings. The molecule has 1 aromatic carbocycles. The Hall–Kier alpha value is -1.79. The van der Waals surface area contributed by atoms with E-state index >= 15 is 0 Å². The number of nitrogen functional groups attached to an aromatic ring is 1. The van der Waals surface area contributed by atoms with Gasteiger partial charge in [0.25, 0.3) is 0 Å². The standard InChI is InChI=1S/C16H23ClN6/c1-11-10-23(16-20-15(18)21-22-16)9-7-14(11)19-8-6-12-2-4-13(17)5-3-12/h2-5,11,14,19H,6-10H2,1H3,(H3,18,20,21,22). The van der Waals surface area contributed by atoms with Crippen molar-refractivity contribution in [3.63, 3.8) is 0 Å². The quantitative estimate of drug-likeness (QED) is 0.780. The van der Waals surface area contributed by atoms with Crippen LogP contribution in [0.25, 0.3) is 0 Å². The van der Waals surface area contributed by atoms with Crippen LogP contribution < -0.4 is 16.0 Å². The molecule has 2 unspecified atom stereocenters. The molecule has 2 heterocycles. The van der Waals surface area contributed by atoms with Crippen LogP contribution in [0.1, 0.15) is 18.9 Å². The Labute approximate surface area is 141 Å². The number of nitrogens with two attached hydrogens (primary N) is 1. The molecule has 1 aliphatic heterocycles. The molecule has 6 nitrogen and oxygen atoms in total. The van der Waals surface area contributed by atoms with E-state index < -0.39 is 0 Å². The highest BCUT2D eigenvalue weighted by Gasteiger charge is 2.27. The van der Waals surface area contributed by atoms with Gasteiger partial charge in [0.05, 0.1) is 0 Å². The summed E-state index contributed by atoms with van der Waals surface area (Å²) in [5, 5.41) is 11.3. The maximum atomic E-state index is 5.91. The predicted molar refractivity (Wildman–Crippen MR) is 93.7 cm³/mol. The molecule has 4 N–H and O–H groups in total. The summed E-state index contributed by atoms with van der Waals surface area (Å²) in [6.45, 7) is 5.13. The van der Waals surface area contributed by atoms with Gasteiger partial charge in [0.15, 0.2) is 0 Å². The molecule has 1 aliphatic rings. The van der Waals surface area contributed by atoms with Crippen LogP contribution in [0, 0.1) is 5.92 Å². The summed E-state index contributed by atoms with van der Waals surface area (Å²) in [4.78, 5) is 6.40. The summed E-state index contributed by atoms with van der Waals surface area (Å²) >= 11 is 5.91. The first-order chi connectivity index (χ1) is 11.1. The molecule has 1 aromatic heterocycles. The smallest absolute Gasteiger partial charge is 0.246 e. The van der Waals surface area contributed by atoms with Gasteiger partial charge in [0.2, 0.25) is 11.9 Å². The number of rotatable bonds is 5. The van der Waals surface area contributed by atoms with E-state index in [1.807, 2.05) is 12.1 Å². The number of nitrogens with zero attached hydrogens (tertiary/aromatic N) is 3. The van der Waals surface area contributed by atoms with Crippen molar-refractivity contribution < 1.29 is 0 Å². The first kappa shape index (κ1) is 16.1. The molecule has 0 spiro atoms. The van der Waals surface area contributed by atoms with Gasteiger partial charge >= 0.3 is 0 Å². The predicted octanol–water partition coefficient (Wildman–Crippen LogP) is 2.09. The van der Waals surface area contributed by atoms with Gasteiger partial charge in [-0.25, -0.2) is 5.10 Å². The zero-order valence-electron chi connectivity index (χ0n) is 13.3. The number of hydrogen-bond acceptors (Lipinski definition) is 5. The molecule has 0 bridgehead atoms. The Balaban J connectivity index is 1.46. The molecule has 124 valence electrons. The fourth-order valence-corrected chi connectivity index (χ4v) is 3.22. The summed E-state index contributed by atoms with van der Waals surface area (Å²) in [7, 11) is 0. The highest BCUT2D eigenvalue weighted by Crippen LogP contribution is 2.21. The minimum absolute atomic E-state index is 0.371. The molecular weight excluding hydrogens is 312 g/mol. The first-order valence-corrected chi connectivity index (χ1v) is 8.40. The monoisotopic (exact) mass is 334 g/mol. The van der Waals surface area contributed by atoms with E-state index in [0.29, 0.717) is 23.9 Å². The third kappa shape index (κ3) is 4.14. The zero-order chi connectivity index (χ0) is 16.2.